The van der Waals surface area contributed by atoms with Crippen molar-refractivity contribution < 1.29 is 23.1 Å². The average Bonchev–Trinajstić information content (AvgIpc) is 2.54. The van der Waals surface area contributed by atoms with Crippen LogP contribution in [-0.4, -0.2) is 32.5 Å². The normalized spacial score (nSPS) is 10.9. The van der Waals surface area contributed by atoms with Crippen molar-refractivity contribution in [3.63, 3.8) is 0 Å². The fourth-order valence-electron chi connectivity index (χ4n) is 1.61. The number of carbonyl (C=O) groups is 1. The second-order valence-electron chi connectivity index (χ2n) is 4.60. The number of carbonyl (C=O) groups excluding carboxylic acids is 1. The van der Waals surface area contributed by atoms with Gasteiger partial charge in [-0.25, -0.2) is 4.79 Å². The van der Waals surface area contributed by atoms with Crippen molar-refractivity contribution in [2.24, 2.45) is 0 Å². The average molecular weight is 330 g/mol. The molecule has 0 saturated heterocycles. The van der Waals surface area contributed by atoms with Crippen molar-refractivity contribution in [3.05, 3.63) is 35.4 Å². The number of rotatable bonds is 7. The first-order valence-electron chi connectivity index (χ1n) is 7.40. The summed E-state index contributed by atoms with van der Waals surface area (Å²) in [7, 11) is -0.247. The molecule has 0 fully saturated rings. The van der Waals surface area contributed by atoms with Gasteiger partial charge in [-0.15, -0.1) is 0 Å². The Bertz CT molecular complexity index is 474. The lowest BCUT2D eigenvalue weighted by atomic mass is 10.1. The third kappa shape index (κ3) is 7.21. The molecule has 0 saturated carbocycles. The maximum atomic E-state index is 11.9. The molecular weight excluding hydrogens is 303 g/mol. The molecule has 0 aromatic heterocycles. The fourth-order valence-corrected chi connectivity index (χ4v) is 2.66. The Kier molecular flexibility index (Phi) is 9.99. The lowest BCUT2D eigenvalue weighted by Crippen LogP contribution is -2.11. The molecule has 0 atom stereocenters. The van der Waals surface area contributed by atoms with Crippen LogP contribution >= 0.6 is 7.60 Å². The molecule has 0 N–H and O–H groups in total. The van der Waals surface area contributed by atoms with Gasteiger partial charge in [0.1, 0.15) is 0 Å². The van der Waals surface area contributed by atoms with E-state index in [4.69, 9.17) is 13.8 Å². The van der Waals surface area contributed by atoms with Crippen LogP contribution in [0.5, 0.6) is 0 Å². The van der Waals surface area contributed by atoms with Crippen LogP contribution in [0, 0.1) is 0 Å². The van der Waals surface area contributed by atoms with E-state index in [-0.39, 0.29) is 12.1 Å². The highest BCUT2D eigenvalue weighted by Gasteiger charge is 2.20. The molecule has 0 bridgehead atoms. The molecule has 0 aliphatic heterocycles. The molecule has 6 heteroatoms. The van der Waals surface area contributed by atoms with E-state index in [9.17, 15) is 9.36 Å². The van der Waals surface area contributed by atoms with Gasteiger partial charge in [-0.3, -0.25) is 4.57 Å². The number of esters is 1. The van der Waals surface area contributed by atoms with Crippen LogP contribution in [0.2, 0.25) is 0 Å². The van der Waals surface area contributed by atoms with E-state index in [2.05, 4.69) is 0 Å². The van der Waals surface area contributed by atoms with E-state index >= 15 is 0 Å². The Morgan fingerprint density at radius 1 is 1.09 bits per heavy atom. The topological polar surface area (TPSA) is 61.8 Å². The van der Waals surface area contributed by atoms with Crippen LogP contribution in [-0.2, 0) is 24.8 Å². The SMILES string of the molecule is CC.COP(=O)(CCc1ccc(C(=O)OC(C)C)cc1)OC. The zero-order valence-electron chi connectivity index (χ0n) is 14.3. The molecule has 5 nitrogen and oxygen atoms in total. The lowest BCUT2D eigenvalue weighted by molar-refractivity contribution is 0.0378. The minimum atomic E-state index is -2.99. The van der Waals surface area contributed by atoms with E-state index < -0.39 is 7.60 Å². The number of ether oxygens (including phenoxy) is 1. The number of benzene rings is 1. The second-order valence-corrected chi connectivity index (χ2v) is 7.00. The van der Waals surface area contributed by atoms with Crippen molar-refractivity contribution in [1.29, 1.82) is 0 Å². The van der Waals surface area contributed by atoms with E-state index in [1.165, 1.54) is 14.2 Å². The number of hydrogen-bond donors (Lipinski definition) is 0. The highest BCUT2D eigenvalue weighted by Crippen LogP contribution is 2.46. The Morgan fingerprint density at radius 3 is 2.00 bits per heavy atom. The molecule has 0 radical (unpaired) electrons. The number of hydrogen-bond acceptors (Lipinski definition) is 5. The summed E-state index contributed by atoms with van der Waals surface area (Å²) in [6, 6.07) is 7.02. The predicted octanol–water partition coefficient (Wildman–Crippen LogP) is 4.31. The first kappa shape index (κ1) is 20.8. The molecule has 0 amide bonds. The molecule has 0 unspecified atom stereocenters. The van der Waals surface area contributed by atoms with E-state index in [0.29, 0.717) is 18.1 Å². The van der Waals surface area contributed by atoms with Crippen LogP contribution < -0.4 is 0 Å². The molecule has 1 aromatic rings. The van der Waals surface area contributed by atoms with Crippen LogP contribution in [0.1, 0.15) is 43.6 Å². The number of aryl methyl sites for hydroxylation is 1. The molecule has 1 rings (SSSR count). The van der Waals surface area contributed by atoms with Gasteiger partial charge in [0, 0.05) is 14.2 Å². The van der Waals surface area contributed by atoms with E-state index in [1.807, 2.05) is 26.0 Å². The largest absolute Gasteiger partial charge is 0.459 e. The summed E-state index contributed by atoms with van der Waals surface area (Å²) in [5, 5.41) is 0. The third-order valence-electron chi connectivity index (χ3n) is 2.76. The summed E-state index contributed by atoms with van der Waals surface area (Å²) in [5.74, 6) is -0.342. The van der Waals surface area contributed by atoms with Crippen molar-refractivity contribution in [2.45, 2.75) is 40.2 Å². The minimum absolute atomic E-state index is 0.142. The summed E-state index contributed by atoms with van der Waals surface area (Å²) in [5.41, 5.74) is 1.46. The minimum Gasteiger partial charge on any atom is -0.459 e. The zero-order chi connectivity index (χ0) is 17.2. The van der Waals surface area contributed by atoms with Crippen LogP contribution in [0.15, 0.2) is 24.3 Å². The fraction of sp³-hybridized carbons (Fsp3) is 0.562. The highest BCUT2D eigenvalue weighted by atomic mass is 31.2. The van der Waals surface area contributed by atoms with Gasteiger partial charge in [0.2, 0.25) is 0 Å². The van der Waals surface area contributed by atoms with Crippen LogP contribution in [0.25, 0.3) is 0 Å². The van der Waals surface area contributed by atoms with Gasteiger partial charge in [-0.2, -0.15) is 0 Å². The molecule has 0 spiro atoms. The highest BCUT2D eigenvalue weighted by molar-refractivity contribution is 7.53. The van der Waals surface area contributed by atoms with Gasteiger partial charge in [-0.1, -0.05) is 26.0 Å². The predicted molar refractivity (Wildman–Crippen MR) is 88.5 cm³/mol. The Hall–Kier alpha value is -1.16. The smallest absolute Gasteiger partial charge is 0.338 e. The molecule has 0 aliphatic rings. The van der Waals surface area contributed by atoms with E-state index in [0.717, 1.165) is 5.56 Å². The van der Waals surface area contributed by atoms with Gasteiger partial charge >= 0.3 is 13.6 Å². The van der Waals surface area contributed by atoms with E-state index in [1.54, 1.807) is 26.0 Å². The first-order valence-corrected chi connectivity index (χ1v) is 9.13. The van der Waals surface area contributed by atoms with Gasteiger partial charge in [0.05, 0.1) is 17.8 Å². The van der Waals surface area contributed by atoms with Crippen molar-refractivity contribution in [1.82, 2.24) is 0 Å². The summed E-state index contributed by atoms with van der Waals surface area (Å²) < 4.78 is 26.8. The standard InChI is InChI=1S/C14H21O5P.C2H6/c1-11(2)19-14(15)13-7-5-12(6-8-13)9-10-20(16,17-3)18-4;1-2/h5-8,11H,9-10H2,1-4H3;1-2H3. The van der Waals surface area contributed by atoms with Gasteiger partial charge in [0.25, 0.3) is 0 Å². The molecule has 22 heavy (non-hydrogen) atoms. The third-order valence-corrected chi connectivity index (χ3v) is 4.65. The summed E-state index contributed by atoms with van der Waals surface area (Å²) in [6.07, 6.45) is 0.713. The summed E-state index contributed by atoms with van der Waals surface area (Å²) in [6.45, 7) is 7.61. The van der Waals surface area contributed by atoms with Crippen LogP contribution in [0.4, 0.5) is 0 Å². The maximum absolute atomic E-state index is 11.9. The molecular formula is C16H27O5P. The lowest BCUT2D eigenvalue weighted by Gasteiger charge is -2.13. The quantitative estimate of drug-likeness (QED) is 0.551. The van der Waals surface area contributed by atoms with Crippen LogP contribution in [0.3, 0.4) is 0 Å². The van der Waals surface area contributed by atoms with Crippen molar-refractivity contribution >= 4 is 13.6 Å². The van der Waals surface area contributed by atoms with Gasteiger partial charge in [-0.05, 0) is 38.0 Å². The molecule has 126 valence electrons. The van der Waals surface area contributed by atoms with Crippen molar-refractivity contribution in [3.8, 4) is 0 Å². The zero-order valence-corrected chi connectivity index (χ0v) is 15.2. The summed E-state index contributed by atoms with van der Waals surface area (Å²) in [4.78, 5) is 11.7. The Balaban J connectivity index is 0.00000211. The molecule has 1 aromatic carbocycles. The maximum Gasteiger partial charge on any atom is 0.338 e. The van der Waals surface area contributed by atoms with Gasteiger partial charge in [0.15, 0.2) is 0 Å². The van der Waals surface area contributed by atoms with Crippen molar-refractivity contribution in [2.75, 3.05) is 20.4 Å². The Morgan fingerprint density at radius 2 is 1.59 bits per heavy atom. The molecule has 0 aliphatic carbocycles. The summed E-state index contributed by atoms with van der Waals surface area (Å²) >= 11 is 0. The monoisotopic (exact) mass is 330 g/mol. The Labute approximate surface area is 133 Å². The van der Waals surface area contributed by atoms with Gasteiger partial charge < -0.3 is 13.8 Å². The molecule has 0 heterocycles. The first-order chi connectivity index (χ1) is 10.4. The second kappa shape index (κ2) is 10.5.